The zero-order valence-electron chi connectivity index (χ0n) is 10.5. The van der Waals surface area contributed by atoms with Crippen molar-refractivity contribution in [2.45, 2.75) is 6.54 Å². The van der Waals surface area contributed by atoms with Crippen LogP contribution in [0.25, 0.3) is 0 Å². The largest absolute Gasteiger partial charge is 0.387 e. The van der Waals surface area contributed by atoms with Crippen LogP contribution in [0.5, 0.6) is 0 Å². The van der Waals surface area contributed by atoms with Gasteiger partial charge in [-0.2, -0.15) is 5.10 Å². The molecule has 5 nitrogen and oxygen atoms in total. The van der Waals surface area contributed by atoms with Gasteiger partial charge in [0.2, 0.25) is 0 Å². The molecule has 0 aliphatic heterocycles. The molecule has 94 valence electrons. The molecule has 1 aromatic carbocycles. The Morgan fingerprint density at radius 1 is 1.33 bits per heavy atom. The quantitative estimate of drug-likeness (QED) is 0.854. The van der Waals surface area contributed by atoms with Crippen LogP contribution in [0.4, 0.5) is 5.69 Å². The Bertz CT molecular complexity index is 547. The fraction of sp³-hybridized carbons (Fsp3) is 0.231. The topological polar surface area (TPSA) is 59.0 Å². The number of para-hydroxylation sites is 1. The number of carbonyl (C=O) groups excluding carboxylic acids is 1. The zero-order chi connectivity index (χ0) is 13.0. The van der Waals surface area contributed by atoms with Crippen molar-refractivity contribution in [1.29, 1.82) is 0 Å². The summed E-state index contributed by atoms with van der Waals surface area (Å²) in [5.74, 6) is -0.106. The Kier molecular flexibility index (Phi) is 3.62. The highest BCUT2D eigenvalue weighted by molar-refractivity contribution is 5.99. The maximum absolute atomic E-state index is 12.0. The van der Waals surface area contributed by atoms with E-state index >= 15 is 0 Å². The molecule has 1 heterocycles. The Balaban J connectivity index is 2.03. The molecule has 0 aliphatic rings. The lowest BCUT2D eigenvalue weighted by Gasteiger charge is -2.08. The van der Waals surface area contributed by atoms with E-state index in [1.54, 1.807) is 17.8 Å². The molecule has 1 amide bonds. The maximum atomic E-state index is 12.0. The molecule has 5 heteroatoms. The van der Waals surface area contributed by atoms with Crippen LogP contribution >= 0.6 is 0 Å². The SMILES string of the molecule is CNc1ccccc1C(=O)NCc1ccn(C)n1. The fourth-order valence-electron chi connectivity index (χ4n) is 1.72. The second kappa shape index (κ2) is 5.35. The van der Waals surface area contributed by atoms with E-state index in [0.29, 0.717) is 12.1 Å². The minimum atomic E-state index is -0.106. The molecule has 0 fully saturated rings. The lowest BCUT2D eigenvalue weighted by atomic mass is 10.1. The summed E-state index contributed by atoms with van der Waals surface area (Å²) in [4.78, 5) is 12.0. The van der Waals surface area contributed by atoms with E-state index < -0.39 is 0 Å². The molecule has 0 saturated carbocycles. The number of hydrogen-bond donors (Lipinski definition) is 2. The second-order valence-corrected chi connectivity index (χ2v) is 3.96. The molecule has 2 aromatic rings. The van der Waals surface area contributed by atoms with E-state index in [1.807, 2.05) is 37.5 Å². The third-order valence-electron chi connectivity index (χ3n) is 2.64. The van der Waals surface area contributed by atoms with Crippen molar-refractivity contribution < 1.29 is 4.79 Å². The highest BCUT2D eigenvalue weighted by Crippen LogP contribution is 2.13. The molecular formula is C13H16N4O. The molecule has 0 aliphatic carbocycles. The van der Waals surface area contributed by atoms with Gasteiger partial charge in [-0.25, -0.2) is 0 Å². The average Bonchev–Trinajstić information content (AvgIpc) is 2.81. The van der Waals surface area contributed by atoms with Crippen molar-refractivity contribution in [2.75, 3.05) is 12.4 Å². The van der Waals surface area contributed by atoms with E-state index in [0.717, 1.165) is 11.4 Å². The third kappa shape index (κ3) is 2.68. The van der Waals surface area contributed by atoms with Crippen LogP contribution in [0.1, 0.15) is 16.1 Å². The molecule has 1 aromatic heterocycles. The Labute approximate surface area is 106 Å². The first kappa shape index (κ1) is 12.2. The van der Waals surface area contributed by atoms with Gasteiger partial charge in [0.25, 0.3) is 5.91 Å². The van der Waals surface area contributed by atoms with Crippen molar-refractivity contribution in [1.82, 2.24) is 15.1 Å². The normalized spacial score (nSPS) is 10.1. The van der Waals surface area contributed by atoms with E-state index in [9.17, 15) is 4.79 Å². The first-order chi connectivity index (χ1) is 8.70. The number of rotatable bonds is 4. The van der Waals surface area contributed by atoms with Gasteiger partial charge in [0.15, 0.2) is 0 Å². The van der Waals surface area contributed by atoms with Gasteiger partial charge >= 0.3 is 0 Å². The van der Waals surface area contributed by atoms with Crippen LogP contribution in [0.15, 0.2) is 36.5 Å². The molecule has 2 rings (SSSR count). The second-order valence-electron chi connectivity index (χ2n) is 3.96. The van der Waals surface area contributed by atoms with Crippen molar-refractivity contribution in [3.05, 3.63) is 47.8 Å². The summed E-state index contributed by atoms with van der Waals surface area (Å²) in [7, 11) is 3.65. The van der Waals surface area contributed by atoms with E-state index in [4.69, 9.17) is 0 Å². The Morgan fingerprint density at radius 3 is 2.78 bits per heavy atom. The van der Waals surface area contributed by atoms with Gasteiger partial charge in [-0.3, -0.25) is 9.48 Å². The number of carbonyl (C=O) groups is 1. The number of amides is 1. The van der Waals surface area contributed by atoms with Gasteiger partial charge in [-0.15, -0.1) is 0 Å². The first-order valence-electron chi connectivity index (χ1n) is 5.74. The molecule has 0 spiro atoms. The molecule has 0 saturated heterocycles. The Hall–Kier alpha value is -2.30. The van der Waals surface area contributed by atoms with Crippen molar-refractivity contribution in [2.24, 2.45) is 7.05 Å². The molecule has 0 unspecified atom stereocenters. The summed E-state index contributed by atoms with van der Waals surface area (Å²) in [5.41, 5.74) is 2.29. The van der Waals surface area contributed by atoms with Crippen molar-refractivity contribution in [3.63, 3.8) is 0 Å². The van der Waals surface area contributed by atoms with Crippen LogP contribution in [0, 0.1) is 0 Å². The van der Waals surface area contributed by atoms with E-state index in [1.165, 1.54) is 0 Å². The molecule has 18 heavy (non-hydrogen) atoms. The van der Waals surface area contributed by atoms with E-state index in [2.05, 4.69) is 15.7 Å². The minimum Gasteiger partial charge on any atom is -0.387 e. The number of aromatic nitrogens is 2. The van der Waals surface area contributed by atoms with Crippen LogP contribution in [-0.4, -0.2) is 22.7 Å². The smallest absolute Gasteiger partial charge is 0.253 e. The van der Waals surface area contributed by atoms with Crippen LogP contribution in [0.3, 0.4) is 0 Å². The predicted molar refractivity (Wildman–Crippen MR) is 70.4 cm³/mol. The predicted octanol–water partition coefficient (Wildman–Crippen LogP) is 1.39. The summed E-state index contributed by atoms with van der Waals surface area (Å²) in [6, 6.07) is 9.28. The Morgan fingerprint density at radius 2 is 2.11 bits per heavy atom. The number of aryl methyl sites for hydroxylation is 1. The number of nitrogens with zero attached hydrogens (tertiary/aromatic N) is 2. The third-order valence-corrected chi connectivity index (χ3v) is 2.64. The first-order valence-corrected chi connectivity index (χ1v) is 5.74. The summed E-state index contributed by atoms with van der Waals surface area (Å²) < 4.78 is 1.71. The van der Waals surface area contributed by atoms with Crippen LogP contribution in [0.2, 0.25) is 0 Å². The highest BCUT2D eigenvalue weighted by Gasteiger charge is 2.09. The highest BCUT2D eigenvalue weighted by atomic mass is 16.1. The standard InChI is InChI=1S/C13H16N4O/c1-14-12-6-4-3-5-11(12)13(18)15-9-10-7-8-17(2)16-10/h3-8,14H,9H2,1-2H3,(H,15,18). The summed E-state index contributed by atoms with van der Waals surface area (Å²) in [6.07, 6.45) is 1.85. The van der Waals surface area contributed by atoms with Gasteiger partial charge in [-0.05, 0) is 18.2 Å². The van der Waals surface area contributed by atoms with Gasteiger partial charge in [0.05, 0.1) is 17.8 Å². The molecule has 0 bridgehead atoms. The monoisotopic (exact) mass is 244 g/mol. The van der Waals surface area contributed by atoms with Gasteiger partial charge in [-0.1, -0.05) is 12.1 Å². The van der Waals surface area contributed by atoms with Crippen molar-refractivity contribution >= 4 is 11.6 Å². The van der Waals surface area contributed by atoms with E-state index in [-0.39, 0.29) is 5.91 Å². The maximum Gasteiger partial charge on any atom is 0.253 e. The molecule has 2 N–H and O–H groups in total. The lowest BCUT2D eigenvalue weighted by molar-refractivity contribution is 0.0951. The summed E-state index contributed by atoms with van der Waals surface area (Å²) >= 11 is 0. The number of benzene rings is 1. The molecule has 0 radical (unpaired) electrons. The molecular weight excluding hydrogens is 228 g/mol. The van der Waals surface area contributed by atoms with Crippen molar-refractivity contribution in [3.8, 4) is 0 Å². The molecule has 0 atom stereocenters. The summed E-state index contributed by atoms with van der Waals surface area (Å²) in [6.45, 7) is 0.428. The van der Waals surface area contributed by atoms with Crippen LogP contribution < -0.4 is 10.6 Å². The number of hydrogen-bond acceptors (Lipinski definition) is 3. The zero-order valence-corrected chi connectivity index (χ0v) is 10.5. The summed E-state index contributed by atoms with van der Waals surface area (Å²) in [5, 5.41) is 10.1. The number of anilines is 1. The van der Waals surface area contributed by atoms with Crippen LogP contribution in [-0.2, 0) is 13.6 Å². The fourth-order valence-corrected chi connectivity index (χ4v) is 1.72. The average molecular weight is 244 g/mol. The van der Waals surface area contributed by atoms with Gasteiger partial charge < -0.3 is 10.6 Å². The number of nitrogens with one attached hydrogen (secondary N) is 2. The minimum absolute atomic E-state index is 0.106. The van der Waals surface area contributed by atoms with Gasteiger partial charge in [0, 0.05) is 26.0 Å². The lowest BCUT2D eigenvalue weighted by Crippen LogP contribution is -2.24. The van der Waals surface area contributed by atoms with Gasteiger partial charge in [0.1, 0.15) is 0 Å².